The number of hydrogen-bond acceptors (Lipinski definition) is 3. The molecule has 0 spiro atoms. The third-order valence-electron chi connectivity index (χ3n) is 2.72. The van der Waals surface area contributed by atoms with Gasteiger partial charge in [-0.25, -0.2) is 4.39 Å². The Morgan fingerprint density at radius 3 is 2.71 bits per heavy atom. The summed E-state index contributed by atoms with van der Waals surface area (Å²) in [5, 5.41) is 11.5. The Labute approximate surface area is 121 Å². The maximum Gasteiger partial charge on any atom is 0.227 e. The van der Waals surface area contributed by atoms with Crippen molar-refractivity contribution in [2.45, 2.75) is 6.42 Å². The van der Waals surface area contributed by atoms with Crippen molar-refractivity contribution in [1.82, 2.24) is 0 Å². The molecule has 0 aromatic heterocycles. The van der Waals surface area contributed by atoms with Gasteiger partial charge in [-0.2, -0.15) is 5.26 Å². The molecule has 1 N–H and O–H groups in total. The normalized spacial score (nSPS) is 9.71. The number of anilines is 1. The third kappa shape index (κ3) is 4.32. The highest BCUT2D eigenvalue weighted by atomic mass is 19.1. The van der Waals surface area contributed by atoms with Crippen LogP contribution >= 0.6 is 0 Å². The molecular formula is C16H13FN2O2. The molecule has 21 heavy (non-hydrogen) atoms. The lowest BCUT2D eigenvalue weighted by atomic mass is 10.2. The predicted molar refractivity (Wildman–Crippen MR) is 76.3 cm³/mol. The smallest absolute Gasteiger partial charge is 0.227 e. The Morgan fingerprint density at radius 2 is 2.00 bits per heavy atom. The van der Waals surface area contributed by atoms with Gasteiger partial charge in [0, 0.05) is 0 Å². The molecule has 5 heteroatoms. The van der Waals surface area contributed by atoms with Crippen molar-refractivity contribution in [2.24, 2.45) is 0 Å². The van der Waals surface area contributed by atoms with Gasteiger partial charge in [-0.3, -0.25) is 4.79 Å². The van der Waals surface area contributed by atoms with Crippen molar-refractivity contribution in [3.05, 3.63) is 59.9 Å². The summed E-state index contributed by atoms with van der Waals surface area (Å²) in [5.41, 5.74) is 0.385. The van der Waals surface area contributed by atoms with E-state index in [2.05, 4.69) is 5.32 Å². The molecule has 0 bridgehead atoms. The standard InChI is InChI=1S/C16H13FN2O2/c17-13-6-7-15(12(10-13)11-18)19-16(20)8-9-21-14-4-2-1-3-5-14/h1-7,10H,8-9H2,(H,19,20). The minimum atomic E-state index is -0.517. The molecule has 0 aliphatic carbocycles. The summed E-state index contributed by atoms with van der Waals surface area (Å²) in [6.45, 7) is 0.221. The van der Waals surface area contributed by atoms with Crippen molar-refractivity contribution >= 4 is 11.6 Å². The zero-order valence-corrected chi connectivity index (χ0v) is 11.2. The Morgan fingerprint density at radius 1 is 1.24 bits per heavy atom. The molecule has 1 amide bonds. The van der Waals surface area contributed by atoms with Gasteiger partial charge in [0.2, 0.25) is 5.91 Å². The van der Waals surface area contributed by atoms with E-state index in [4.69, 9.17) is 10.00 Å². The van der Waals surface area contributed by atoms with E-state index in [9.17, 15) is 9.18 Å². The van der Waals surface area contributed by atoms with Crippen LogP contribution in [0.2, 0.25) is 0 Å². The number of halogens is 1. The van der Waals surface area contributed by atoms with Crippen LogP contribution in [0.4, 0.5) is 10.1 Å². The lowest BCUT2D eigenvalue weighted by Gasteiger charge is -2.08. The summed E-state index contributed by atoms with van der Waals surface area (Å²) in [6, 6.07) is 14.6. The Kier molecular flexibility index (Phi) is 4.89. The Bertz CT molecular complexity index is 666. The first-order valence-electron chi connectivity index (χ1n) is 6.36. The summed E-state index contributed by atoms with van der Waals surface area (Å²) in [6.07, 6.45) is 0.136. The van der Waals surface area contributed by atoms with Crippen molar-refractivity contribution in [3.63, 3.8) is 0 Å². The molecule has 2 rings (SSSR count). The zero-order valence-electron chi connectivity index (χ0n) is 11.2. The molecule has 0 fully saturated rings. The topological polar surface area (TPSA) is 62.1 Å². The second kappa shape index (κ2) is 7.06. The van der Waals surface area contributed by atoms with Crippen LogP contribution < -0.4 is 10.1 Å². The number of nitrogens with zero attached hydrogens (tertiary/aromatic N) is 1. The van der Waals surface area contributed by atoms with Crippen molar-refractivity contribution in [1.29, 1.82) is 5.26 Å². The van der Waals surface area contributed by atoms with E-state index in [0.717, 1.165) is 6.07 Å². The second-order valence-corrected chi connectivity index (χ2v) is 4.26. The molecule has 2 aromatic rings. The number of carbonyl (C=O) groups excluding carboxylic acids is 1. The maximum absolute atomic E-state index is 13.0. The van der Waals surface area contributed by atoms with Gasteiger partial charge in [0.25, 0.3) is 0 Å². The minimum Gasteiger partial charge on any atom is -0.493 e. The molecule has 0 radical (unpaired) electrons. The molecule has 0 aliphatic heterocycles. The van der Waals surface area contributed by atoms with Gasteiger partial charge >= 0.3 is 0 Å². The minimum absolute atomic E-state index is 0.0901. The number of para-hydroxylation sites is 1. The number of nitrogens with one attached hydrogen (secondary N) is 1. The maximum atomic E-state index is 13.0. The number of ether oxygens (including phenoxy) is 1. The van der Waals surface area contributed by atoms with E-state index in [1.54, 1.807) is 12.1 Å². The quantitative estimate of drug-likeness (QED) is 0.917. The van der Waals surface area contributed by atoms with Gasteiger partial charge < -0.3 is 10.1 Å². The highest BCUT2D eigenvalue weighted by Crippen LogP contribution is 2.16. The number of benzene rings is 2. The molecule has 0 atom stereocenters. The van der Waals surface area contributed by atoms with Crippen LogP contribution in [0, 0.1) is 17.1 Å². The van der Waals surface area contributed by atoms with Crippen LogP contribution in [0.5, 0.6) is 5.75 Å². The Hall–Kier alpha value is -2.87. The number of carbonyl (C=O) groups is 1. The van der Waals surface area contributed by atoms with Crippen LogP contribution in [-0.2, 0) is 4.79 Å². The summed E-state index contributed by atoms with van der Waals surface area (Å²) in [5.74, 6) is -0.129. The lowest BCUT2D eigenvalue weighted by molar-refractivity contribution is -0.116. The lowest BCUT2D eigenvalue weighted by Crippen LogP contribution is -2.16. The van der Waals surface area contributed by atoms with Crippen molar-refractivity contribution in [2.75, 3.05) is 11.9 Å². The fourth-order valence-corrected chi connectivity index (χ4v) is 1.71. The van der Waals surface area contributed by atoms with Crippen molar-refractivity contribution < 1.29 is 13.9 Å². The van der Waals surface area contributed by atoms with E-state index in [-0.39, 0.29) is 24.5 Å². The van der Waals surface area contributed by atoms with Gasteiger partial charge in [-0.15, -0.1) is 0 Å². The summed E-state index contributed by atoms with van der Waals surface area (Å²) < 4.78 is 18.4. The zero-order chi connectivity index (χ0) is 15.1. The van der Waals surface area contributed by atoms with Crippen LogP contribution in [0.15, 0.2) is 48.5 Å². The first-order valence-corrected chi connectivity index (χ1v) is 6.36. The van der Waals surface area contributed by atoms with Gasteiger partial charge in [0.1, 0.15) is 17.6 Å². The van der Waals surface area contributed by atoms with E-state index in [1.807, 2.05) is 24.3 Å². The average molecular weight is 284 g/mol. The van der Waals surface area contributed by atoms with Gasteiger partial charge in [-0.1, -0.05) is 18.2 Å². The molecule has 0 unspecified atom stereocenters. The molecular weight excluding hydrogens is 271 g/mol. The first kappa shape index (κ1) is 14.5. The van der Waals surface area contributed by atoms with Gasteiger partial charge in [-0.05, 0) is 30.3 Å². The molecule has 2 aromatic carbocycles. The van der Waals surface area contributed by atoms with E-state index in [0.29, 0.717) is 11.4 Å². The molecule has 0 saturated carbocycles. The van der Waals surface area contributed by atoms with Crippen LogP contribution in [0.25, 0.3) is 0 Å². The summed E-state index contributed by atoms with van der Waals surface area (Å²) in [7, 11) is 0. The largest absolute Gasteiger partial charge is 0.493 e. The van der Waals surface area contributed by atoms with Crippen LogP contribution in [-0.4, -0.2) is 12.5 Å². The van der Waals surface area contributed by atoms with Crippen LogP contribution in [0.3, 0.4) is 0 Å². The average Bonchev–Trinajstić information content (AvgIpc) is 2.50. The summed E-state index contributed by atoms with van der Waals surface area (Å²) >= 11 is 0. The van der Waals surface area contributed by atoms with Gasteiger partial charge in [0.05, 0.1) is 24.3 Å². The molecule has 0 heterocycles. The fourth-order valence-electron chi connectivity index (χ4n) is 1.71. The van der Waals surface area contributed by atoms with Gasteiger partial charge in [0.15, 0.2) is 0 Å². The second-order valence-electron chi connectivity index (χ2n) is 4.26. The fraction of sp³-hybridized carbons (Fsp3) is 0.125. The SMILES string of the molecule is N#Cc1cc(F)ccc1NC(=O)CCOc1ccccc1. The number of amides is 1. The highest BCUT2D eigenvalue weighted by molar-refractivity contribution is 5.92. The molecule has 0 aliphatic rings. The van der Waals surface area contributed by atoms with E-state index < -0.39 is 5.82 Å². The summed E-state index contributed by atoms with van der Waals surface area (Å²) in [4.78, 5) is 11.8. The third-order valence-corrected chi connectivity index (χ3v) is 2.72. The number of hydrogen-bond donors (Lipinski definition) is 1. The van der Waals surface area contributed by atoms with E-state index >= 15 is 0 Å². The molecule has 4 nitrogen and oxygen atoms in total. The first-order chi connectivity index (χ1) is 10.2. The van der Waals surface area contributed by atoms with Crippen LogP contribution in [0.1, 0.15) is 12.0 Å². The molecule has 0 saturated heterocycles. The van der Waals surface area contributed by atoms with Crippen molar-refractivity contribution in [3.8, 4) is 11.8 Å². The Balaban J connectivity index is 1.86. The monoisotopic (exact) mass is 284 g/mol. The highest BCUT2D eigenvalue weighted by Gasteiger charge is 2.08. The predicted octanol–water partition coefficient (Wildman–Crippen LogP) is 3.10. The number of nitriles is 1. The molecule has 106 valence electrons. The van der Waals surface area contributed by atoms with E-state index in [1.165, 1.54) is 12.1 Å². The number of rotatable bonds is 5.